The molecule has 0 bridgehead atoms. The Morgan fingerprint density at radius 2 is 1.42 bits per heavy atom. The second kappa shape index (κ2) is 5.90. The van der Waals surface area contributed by atoms with Crippen LogP contribution < -0.4 is 5.73 Å². The molecule has 19 heavy (non-hydrogen) atoms. The van der Waals surface area contributed by atoms with E-state index in [0.29, 0.717) is 26.2 Å². The van der Waals surface area contributed by atoms with Gasteiger partial charge in [-0.05, 0) is 6.92 Å². The molecule has 1 rings (SSSR count). The van der Waals surface area contributed by atoms with E-state index >= 15 is 0 Å². The Hall–Kier alpha value is -1.10. The van der Waals surface area contributed by atoms with Crippen molar-refractivity contribution in [3.8, 4) is 0 Å². The zero-order valence-corrected chi connectivity index (χ0v) is 12.8. The third kappa shape index (κ3) is 3.93. The summed E-state index contributed by atoms with van der Waals surface area (Å²) in [6.07, 6.45) is 0. The maximum atomic E-state index is 12.2. The molecule has 2 N–H and O–H groups in total. The molecule has 110 valence electrons. The standard InChI is InChI=1S/C14H27N3O2/c1-10(11(2)15)12(18)16-6-8-17(9-7-16)13(19)14(3,4)5/h10-11H,6-9,15H2,1-5H3. The third-order valence-corrected chi connectivity index (χ3v) is 3.70. The van der Waals surface area contributed by atoms with Crippen LogP contribution in [0.5, 0.6) is 0 Å². The van der Waals surface area contributed by atoms with Gasteiger partial charge >= 0.3 is 0 Å². The van der Waals surface area contributed by atoms with Gasteiger partial charge in [-0.2, -0.15) is 0 Å². The molecule has 2 unspecified atom stereocenters. The summed E-state index contributed by atoms with van der Waals surface area (Å²) in [4.78, 5) is 28.0. The quantitative estimate of drug-likeness (QED) is 0.802. The van der Waals surface area contributed by atoms with Crippen LogP contribution in [0, 0.1) is 11.3 Å². The van der Waals surface area contributed by atoms with Gasteiger partial charge < -0.3 is 15.5 Å². The summed E-state index contributed by atoms with van der Waals surface area (Å²) in [7, 11) is 0. The highest BCUT2D eigenvalue weighted by Crippen LogP contribution is 2.19. The lowest BCUT2D eigenvalue weighted by Crippen LogP contribution is -2.54. The highest BCUT2D eigenvalue weighted by molar-refractivity contribution is 5.82. The zero-order chi connectivity index (χ0) is 14.8. The van der Waals surface area contributed by atoms with Gasteiger partial charge in [-0.25, -0.2) is 0 Å². The first-order valence-corrected chi connectivity index (χ1v) is 6.98. The average Bonchev–Trinajstić information content (AvgIpc) is 2.35. The Kier molecular flexibility index (Phi) is 4.96. The van der Waals surface area contributed by atoms with Crippen LogP contribution in [0.4, 0.5) is 0 Å². The fourth-order valence-electron chi connectivity index (χ4n) is 2.12. The van der Waals surface area contributed by atoms with E-state index in [4.69, 9.17) is 5.73 Å². The molecule has 0 saturated carbocycles. The molecule has 1 saturated heterocycles. The summed E-state index contributed by atoms with van der Waals surface area (Å²) in [6.45, 7) is 11.9. The number of piperazine rings is 1. The smallest absolute Gasteiger partial charge is 0.228 e. The van der Waals surface area contributed by atoms with Crippen molar-refractivity contribution < 1.29 is 9.59 Å². The maximum Gasteiger partial charge on any atom is 0.228 e. The number of hydrogen-bond acceptors (Lipinski definition) is 3. The van der Waals surface area contributed by atoms with Crippen LogP contribution in [0.25, 0.3) is 0 Å². The molecule has 5 nitrogen and oxygen atoms in total. The van der Waals surface area contributed by atoms with Gasteiger partial charge in [-0.15, -0.1) is 0 Å². The maximum absolute atomic E-state index is 12.2. The highest BCUT2D eigenvalue weighted by Gasteiger charge is 2.32. The third-order valence-electron chi connectivity index (χ3n) is 3.70. The predicted molar refractivity (Wildman–Crippen MR) is 75.4 cm³/mol. The van der Waals surface area contributed by atoms with Gasteiger partial charge in [0, 0.05) is 37.6 Å². The number of amides is 2. The number of carbonyl (C=O) groups is 2. The molecule has 0 aromatic rings. The number of hydrogen-bond donors (Lipinski definition) is 1. The van der Waals surface area contributed by atoms with Gasteiger partial charge in [0.2, 0.25) is 11.8 Å². The number of carbonyl (C=O) groups excluding carboxylic acids is 2. The van der Waals surface area contributed by atoms with Crippen LogP contribution in [0.3, 0.4) is 0 Å². The van der Waals surface area contributed by atoms with Crippen LogP contribution in [-0.2, 0) is 9.59 Å². The molecule has 0 spiro atoms. The highest BCUT2D eigenvalue weighted by atomic mass is 16.2. The van der Waals surface area contributed by atoms with Crippen molar-refractivity contribution in [3.63, 3.8) is 0 Å². The van der Waals surface area contributed by atoms with E-state index in [1.54, 1.807) is 0 Å². The molecule has 1 fully saturated rings. The minimum absolute atomic E-state index is 0.0952. The minimum atomic E-state index is -0.356. The molecule has 1 aliphatic heterocycles. The normalized spacial score (nSPS) is 20.1. The largest absolute Gasteiger partial charge is 0.339 e. The molecule has 0 aromatic heterocycles. The van der Waals surface area contributed by atoms with Gasteiger partial charge in [-0.1, -0.05) is 27.7 Å². The van der Waals surface area contributed by atoms with E-state index in [9.17, 15) is 9.59 Å². The van der Waals surface area contributed by atoms with Crippen LogP contribution in [0.1, 0.15) is 34.6 Å². The first kappa shape index (κ1) is 16.0. The van der Waals surface area contributed by atoms with Gasteiger partial charge in [0.15, 0.2) is 0 Å². The fourth-order valence-corrected chi connectivity index (χ4v) is 2.12. The Morgan fingerprint density at radius 3 is 1.79 bits per heavy atom. The lowest BCUT2D eigenvalue weighted by atomic mass is 9.94. The number of rotatable bonds is 2. The first-order chi connectivity index (χ1) is 8.64. The molecule has 1 heterocycles. The fraction of sp³-hybridized carbons (Fsp3) is 0.857. The molecule has 5 heteroatoms. The van der Waals surface area contributed by atoms with Crippen molar-refractivity contribution in [1.82, 2.24) is 9.80 Å². The Labute approximate surface area is 116 Å². The molecule has 0 aromatic carbocycles. The SMILES string of the molecule is CC(N)C(C)C(=O)N1CCN(C(=O)C(C)(C)C)CC1. The van der Waals surface area contributed by atoms with E-state index in [1.807, 2.05) is 44.4 Å². The summed E-state index contributed by atoms with van der Waals surface area (Å²) in [5, 5.41) is 0. The van der Waals surface area contributed by atoms with Crippen molar-refractivity contribution >= 4 is 11.8 Å². The summed E-state index contributed by atoms with van der Waals surface area (Å²) in [5.74, 6) is 0.0857. The van der Waals surface area contributed by atoms with E-state index in [0.717, 1.165) is 0 Å². The van der Waals surface area contributed by atoms with Gasteiger partial charge in [0.1, 0.15) is 0 Å². The van der Waals surface area contributed by atoms with Crippen molar-refractivity contribution in [3.05, 3.63) is 0 Å². The monoisotopic (exact) mass is 269 g/mol. The second-order valence-electron chi connectivity index (χ2n) is 6.52. The van der Waals surface area contributed by atoms with Gasteiger partial charge in [-0.3, -0.25) is 9.59 Å². The topological polar surface area (TPSA) is 66.6 Å². The van der Waals surface area contributed by atoms with Gasteiger partial charge in [0.05, 0.1) is 5.92 Å². The van der Waals surface area contributed by atoms with E-state index in [1.165, 1.54) is 0 Å². The van der Waals surface area contributed by atoms with Gasteiger partial charge in [0.25, 0.3) is 0 Å². The molecule has 0 radical (unpaired) electrons. The van der Waals surface area contributed by atoms with Crippen molar-refractivity contribution in [1.29, 1.82) is 0 Å². The molecule has 1 aliphatic rings. The van der Waals surface area contributed by atoms with Crippen molar-refractivity contribution in [2.45, 2.75) is 40.7 Å². The Balaban J connectivity index is 2.54. The van der Waals surface area contributed by atoms with Crippen molar-refractivity contribution in [2.24, 2.45) is 17.1 Å². The van der Waals surface area contributed by atoms with E-state index in [2.05, 4.69) is 0 Å². The summed E-state index contributed by atoms with van der Waals surface area (Å²) < 4.78 is 0. The molecular formula is C14H27N3O2. The predicted octanol–water partition coefficient (Wildman–Crippen LogP) is 0.687. The van der Waals surface area contributed by atoms with Crippen LogP contribution >= 0.6 is 0 Å². The van der Waals surface area contributed by atoms with Crippen LogP contribution in [0.2, 0.25) is 0 Å². The second-order valence-corrected chi connectivity index (χ2v) is 6.52. The molecule has 2 amide bonds. The minimum Gasteiger partial charge on any atom is -0.339 e. The zero-order valence-electron chi connectivity index (χ0n) is 12.8. The average molecular weight is 269 g/mol. The Bertz CT molecular complexity index is 339. The van der Waals surface area contributed by atoms with Crippen molar-refractivity contribution in [2.75, 3.05) is 26.2 Å². The number of nitrogens with zero attached hydrogens (tertiary/aromatic N) is 2. The van der Waals surface area contributed by atoms with E-state index < -0.39 is 0 Å². The van der Waals surface area contributed by atoms with E-state index in [-0.39, 0.29) is 29.2 Å². The first-order valence-electron chi connectivity index (χ1n) is 6.98. The van der Waals surface area contributed by atoms with Crippen LogP contribution in [-0.4, -0.2) is 53.8 Å². The lowest BCUT2D eigenvalue weighted by Gasteiger charge is -2.38. The molecule has 0 aliphatic carbocycles. The molecular weight excluding hydrogens is 242 g/mol. The molecule has 2 atom stereocenters. The summed E-state index contributed by atoms with van der Waals surface area (Å²) >= 11 is 0. The summed E-state index contributed by atoms with van der Waals surface area (Å²) in [6, 6.07) is -0.137. The number of nitrogens with two attached hydrogens (primary N) is 1. The lowest BCUT2D eigenvalue weighted by molar-refractivity contribution is -0.146. The Morgan fingerprint density at radius 1 is 1.00 bits per heavy atom. The summed E-state index contributed by atoms with van der Waals surface area (Å²) in [5.41, 5.74) is 5.41. The van der Waals surface area contributed by atoms with Crippen LogP contribution in [0.15, 0.2) is 0 Å².